The van der Waals surface area contributed by atoms with Gasteiger partial charge >= 0.3 is 5.97 Å². The molecule has 0 saturated carbocycles. The molecule has 0 aliphatic carbocycles. The van der Waals surface area contributed by atoms with Crippen LogP contribution in [0.4, 0.5) is 0 Å². The molecule has 0 spiro atoms. The topological polar surface area (TPSA) is 92.8 Å². The predicted octanol–water partition coefficient (Wildman–Crippen LogP) is 3.49. The summed E-state index contributed by atoms with van der Waals surface area (Å²) in [6, 6.07) is 18.0. The zero-order valence-electron chi connectivity index (χ0n) is 17.9. The number of rotatable bonds is 8. The van der Waals surface area contributed by atoms with Gasteiger partial charge in [-0.05, 0) is 36.1 Å². The summed E-state index contributed by atoms with van der Waals surface area (Å²) < 4.78 is 5.09. The molecule has 0 bridgehead atoms. The molecule has 1 aliphatic rings. The Labute approximate surface area is 195 Å². The predicted molar refractivity (Wildman–Crippen MR) is 123 cm³/mol. The van der Waals surface area contributed by atoms with E-state index in [-0.39, 0.29) is 19.0 Å². The average molecular weight is 463 g/mol. The highest BCUT2D eigenvalue weighted by Gasteiger charge is 2.35. The summed E-state index contributed by atoms with van der Waals surface area (Å²) in [6.45, 7) is 1.28. The third kappa shape index (κ3) is 5.01. The lowest BCUT2D eigenvalue weighted by Gasteiger charge is -2.18. The van der Waals surface area contributed by atoms with Crippen molar-refractivity contribution in [1.29, 1.82) is 0 Å². The number of hydrogen-bond acceptors (Lipinski definition) is 6. The summed E-state index contributed by atoms with van der Waals surface area (Å²) in [5.41, 5.74) is 2.46. The molecule has 1 N–H and O–H groups in total. The largest absolute Gasteiger partial charge is 0.456 e. The van der Waals surface area contributed by atoms with Crippen molar-refractivity contribution in [3.8, 4) is 0 Å². The van der Waals surface area contributed by atoms with Gasteiger partial charge in [0.25, 0.3) is 17.7 Å². The number of thiophene rings is 1. The number of imide groups is 1. The number of carbonyl (C=O) groups excluding carboxylic acids is 4. The van der Waals surface area contributed by atoms with Crippen LogP contribution in [0.2, 0.25) is 0 Å². The van der Waals surface area contributed by atoms with Crippen molar-refractivity contribution < 1.29 is 23.9 Å². The molecular weight excluding hydrogens is 440 g/mol. The SMILES string of the molecule is Cc1ccc2c(c1)C(=O)N(CCC(=O)OCC(=O)NC(c1ccccc1)c1cccs1)C2=O. The van der Waals surface area contributed by atoms with E-state index in [1.165, 1.54) is 11.3 Å². The summed E-state index contributed by atoms with van der Waals surface area (Å²) in [4.78, 5) is 51.6. The maximum atomic E-state index is 12.5. The van der Waals surface area contributed by atoms with Gasteiger partial charge < -0.3 is 10.1 Å². The Hall–Kier alpha value is -3.78. The van der Waals surface area contributed by atoms with Gasteiger partial charge in [-0.2, -0.15) is 0 Å². The maximum Gasteiger partial charge on any atom is 0.308 e. The van der Waals surface area contributed by atoms with Crippen LogP contribution in [-0.2, 0) is 14.3 Å². The number of benzene rings is 2. The molecule has 2 heterocycles. The minimum atomic E-state index is -0.662. The number of hydrogen-bond donors (Lipinski definition) is 1. The number of nitrogens with zero attached hydrogens (tertiary/aromatic N) is 1. The van der Waals surface area contributed by atoms with E-state index in [1.54, 1.807) is 18.2 Å². The van der Waals surface area contributed by atoms with Crippen LogP contribution in [0.3, 0.4) is 0 Å². The first kappa shape index (κ1) is 22.4. The number of aryl methyl sites for hydroxylation is 1. The van der Waals surface area contributed by atoms with Gasteiger partial charge in [0.05, 0.1) is 23.6 Å². The van der Waals surface area contributed by atoms with E-state index in [4.69, 9.17) is 4.74 Å². The van der Waals surface area contributed by atoms with Crippen LogP contribution in [0.15, 0.2) is 66.0 Å². The fourth-order valence-electron chi connectivity index (χ4n) is 3.65. The Morgan fingerprint density at radius 2 is 1.76 bits per heavy atom. The number of fused-ring (bicyclic) bond motifs is 1. The van der Waals surface area contributed by atoms with Gasteiger partial charge in [-0.15, -0.1) is 11.3 Å². The molecule has 0 saturated heterocycles. The molecule has 0 radical (unpaired) electrons. The average Bonchev–Trinajstić information content (AvgIpc) is 3.43. The van der Waals surface area contributed by atoms with Crippen LogP contribution < -0.4 is 5.32 Å². The minimum absolute atomic E-state index is 0.103. The number of nitrogens with one attached hydrogen (secondary N) is 1. The summed E-state index contributed by atoms with van der Waals surface area (Å²) in [7, 11) is 0. The van der Waals surface area contributed by atoms with Crippen molar-refractivity contribution in [3.63, 3.8) is 0 Å². The highest BCUT2D eigenvalue weighted by Crippen LogP contribution is 2.26. The molecule has 168 valence electrons. The van der Waals surface area contributed by atoms with Crippen LogP contribution in [-0.4, -0.2) is 41.7 Å². The zero-order chi connectivity index (χ0) is 23.4. The Balaban J connectivity index is 1.30. The van der Waals surface area contributed by atoms with Crippen LogP contribution in [0, 0.1) is 6.92 Å². The molecule has 1 aromatic heterocycles. The smallest absolute Gasteiger partial charge is 0.308 e. The number of ether oxygens (including phenoxy) is 1. The second kappa shape index (κ2) is 9.79. The van der Waals surface area contributed by atoms with E-state index in [1.807, 2.05) is 54.8 Å². The van der Waals surface area contributed by atoms with E-state index in [0.29, 0.717) is 11.1 Å². The first-order chi connectivity index (χ1) is 15.9. The van der Waals surface area contributed by atoms with Gasteiger partial charge in [-0.1, -0.05) is 48.0 Å². The molecule has 8 heteroatoms. The summed E-state index contributed by atoms with van der Waals surface area (Å²) >= 11 is 1.52. The molecular formula is C25H22N2O5S. The Bertz CT molecular complexity index is 1190. The number of esters is 1. The standard InChI is InChI=1S/C25H22N2O5S/c1-16-9-10-18-19(14-16)25(31)27(24(18)30)12-11-22(29)32-15-21(28)26-23(20-8-5-13-33-20)17-6-3-2-4-7-17/h2-10,13-14,23H,11-12,15H2,1H3,(H,26,28). The van der Waals surface area contributed by atoms with E-state index < -0.39 is 30.3 Å². The van der Waals surface area contributed by atoms with Crippen LogP contribution in [0.25, 0.3) is 0 Å². The molecule has 1 atom stereocenters. The molecule has 3 aromatic rings. The molecule has 2 aromatic carbocycles. The second-order valence-electron chi connectivity index (χ2n) is 7.65. The van der Waals surface area contributed by atoms with Crippen LogP contribution in [0.5, 0.6) is 0 Å². The first-order valence-corrected chi connectivity index (χ1v) is 11.3. The lowest BCUT2D eigenvalue weighted by atomic mass is 10.1. The fourth-order valence-corrected chi connectivity index (χ4v) is 4.45. The Morgan fingerprint density at radius 3 is 2.48 bits per heavy atom. The van der Waals surface area contributed by atoms with Gasteiger partial charge in [0.15, 0.2) is 6.61 Å². The Morgan fingerprint density at radius 1 is 1.00 bits per heavy atom. The van der Waals surface area contributed by atoms with Crippen molar-refractivity contribution in [3.05, 3.63) is 93.2 Å². The number of carbonyl (C=O) groups is 4. The van der Waals surface area contributed by atoms with Crippen LogP contribution >= 0.6 is 11.3 Å². The summed E-state index contributed by atoms with van der Waals surface area (Å²) in [5.74, 6) is -1.96. The van der Waals surface area contributed by atoms with Crippen LogP contribution in [0.1, 0.15) is 49.2 Å². The highest BCUT2D eigenvalue weighted by molar-refractivity contribution is 7.10. The normalized spacial score (nSPS) is 13.5. The van der Waals surface area contributed by atoms with Crippen molar-refractivity contribution >= 4 is 35.0 Å². The molecule has 7 nitrogen and oxygen atoms in total. The molecule has 0 fully saturated rings. The quantitative estimate of drug-likeness (QED) is 0.409. The third-order valence-corrected chi connectivity index (χ3v) is 6.23. The lowest BCUT2D eigenvalue weighted by molar-refractivity contribution is -0.148. The Kier molecular flexibility index (Phi) is 6.65. The third-order valence-electron chi connectivity index (χ3n) is 5.30. The van der Waals surface area contributed by atoms with E-state index in [0.717, 1.165) is 20.9 Å². The number of amides is 3. The summed E-state index contributed by atoms with van der Waals surface area (Å²) in [5, 5.41) is 4.82. The first-order valence-electron chi connectivity index (χ1n) is 10.4. The second-order valence-corrected chi connectivity index (χ2v) is 8.63. The van der Waals surface area contributed by atoms with Gasteiger partial charge in [-0.3, -0.25) is 24.1 Å². The molecule has 33 heavy (non-hydrogen) atoms. The molecule has 1 aliphatic heterocycles. The molecule has 1 unspecified atom stereocenters. The van der Waals surface area contributed by atoms with Gasteiger partial charge in [0.1, 0.15) is 0 Å². The van der Waals surface area contributed by atoms with Crippen molar-refractivity contribution in [1.82, 2.24) is 10.2 Å². The van der Waals surface area contributed by atoms with E-state index in [2.05, 4.69) is 5.32 Å². The highest BCUT2D eigenvalue weighted by atomic mass is 32.1. The van der Waals surface area contributed by atoms with Crippen molar-refractivity contribution in [2.45, 2.75) is 19.4 Å². The van der Waals surface area contributed by atoms with Crippen molar-refractivity contribution in [2.75, 3.05) is 13.2 Å². The lowest BCUT2D eigenvalue weighted by Crippen LogP contribution is -2.34. The van der Waals surface area contributed by atoms with E-state index >= 15 is 0 Å². The fraction of sp³-hybridized carbons (Fsp3) is 0.200. The summed E-state index contributed by atoms with van der Waals surface area (Å²) in [6.07, 6.45) is -0.190. The zero-order valence-corrected chi connectivity index (χ0v) is 18.8. The van der Waals surface area contributed by atoms with Gasteiger partial charge in [-0.25, -0.2) is 0 Å². The van der Waals surface area contributed by atoms with Gasteiger partial charge in [0, 0.05) is 11.4 Å². The van der Waals surface area contributed by atoms with Gasteiger partial charge in [0.2, 0.25) is 0 Å². The monoisotopic (exact) mass is 462 g/mol. The molecule has 3 amide bonds. The minimum Gasteiger partial charge on any atom is -0.456 e. The molecule has 4 rings (SSSR count). The van der Waals surface area contributed by atoms with E-state index in [9.17, 15) is 19.2 Å². The maximum absolute atomic E-state index is 12.5. The van der Waals surface area contributed by atoms with Crippen molar-refractivity contribution in [2.24, 2.45) is 0 Å².